The van der Waals surface area contributed by atoms with Crippen molar-refractivity contribution in [1.29, 1.82) is 0 Å². The van der Waals surface area contributed by atoms with Crippen LogP contribution >= 0.6 is 15.9 Å². The SMILES string of the molecule is CC(C)c1c(-c2ccccc2)nc2c(Br)c[nH]n2c1=O. The molecule has 2 aromatic heterocycles. The normalized spacial score (nSPS) is 11.4. The predicted octanol–water partition coefficient (Wildman–Crippen LogP) is 3.58. The maximum absolute atomic E-state index is 12.6. The molecule has 0 amide bonds. The van der Waals surface area contributed by atoms with Gasteiger partial charge < -0.3 is 0 Å². The summed E-state index contributed by atoms with van der Waals surface area (Å²) in [5, 5.41) is 2.92. The van der Waals surface area contributed by atoms with Crippen molar-refractivity contribution in [2.45, 2.75) is 19.8 Å². The summed E-state index contributed by atoms with van der Waals surface area (Å²) >= 11 is 3.42. The summed E-state index contributed by atoms with van der Waals surface area (Å²) in [5.74, 6) is 0.101. The van der Waals surface area contributed by atoms with Crippen molar-refractivity contribution in [1.82, 2.24) is 14.6 Å². The minimum atomic E-state index is -0.0467. The van der Waals surface area contributed by atoms with Crippen molar-refractivity contribution in [3.8, 4) is 11.3 Å². The Labute approximate surface area is 124 Å². The highest BCUT2D eigenvalue weighted by Gasteiger charge is 2.18. The molecule has 0 radical (unpaired) electrons. The van der Waals surface area contributed by atoms with Crippen LogP contribution in [-0.4, -0.2) is 14.6 Å². The smallest absolute Gasteiger partial charge is 0.276 e. The second kappa shape index (κ2) is 4.90. The van der Waals surface area contributed by atoms with Gasteiger partial charge in [-0.05, 0) is 21.8 Å². The van der Waals surface area contributed by atoms with E-state index < -0.39 is 0 Å². The first-order valence-corrected chi connectivity index (χ1v) is 7.24. The fourth-order valence-electron chi connectivity index (χ4n) is 2.34. The highest BCUT2D eigenvalue weighted by molar-refractivity contribution is 9.10. The monoisotopic (exact) mass is 331 g/mol. The second-order valence-corrected chi connectivity index (χ2v) is 5.83. The number of nitrogens with zero attached hydrogens (tertiary/aromatic N) is 2. The number of hydrogen-bond acceptors (Lipinski definition) is 2. The molecule has 20 heavy (non-hydrogen) atoms. The third-order valence-corrected chi connectivity index (χ3v) is 3.86. The molecule has 0 aliphatic rings. The number of hydrogen-bond donors (Lipinski definition) is 1. The summed E-state index contributed by atoms with van der Waals surface area (Å²) in [5.41, 5.74) is 3.01. The summed E-state index contributed by atoms with van der Waals surface area (Å²) in [6.07, 6.45) is 1.72. The average Bonchev–Trinajstić information content (AvgIpc) is 2.81. The molecule has 0 fully saturated rings. The molecule has 3 aromatic rings. The van der Waals surface area contributed by atoms with Gasteiger partial charge in [0.05, 0.1) is 10.2 Å². The van der Waals surface area contributed by atoms with Crippen LogP contribution in [0.1, 0.15) is 25.3 Å². The number of halogens is 1. The zero-order chi connectivity index (χ0) is 14.3. The second-order valence-electron chi connectivity index (χ2n) is 4.98. The van der Waals surface area contributed by atoms with E-state index in [0.29, 0.717) is 5.65 Å². The summed E-state index contributed by atoms with van der Waals surface area (Å²) in [6, 6.07) is 9.82. The van der Waals surface area contributed by atoms with Gasteiger partial charge in [-0.15, -0.1) is 0 Å². The first-order valence-electron chi connectivity index (χ1n) is 6.44. The van der Waals surface area contributed by atoms with Crippen LogP contribution in [0, 0.1) is 0 Å². The molecule has 0 bridgehead atoms. The molecular weight excluding hydrogens is 318 g/mol. The fourth-order valence-corrected chi connectivity index (χ4v) is 2.70. The molecule has 2 heterocycles. The van der Waals surface area contributed by atoms with E-state index >= 15 is 0 Å². The molecule has 0 aliphatic heterocycles. The molecule has 3 rings (SSSR count). The van der Waals surface area contributed by atoms with Gasteiger partial charge in [0, 0.05) is 17.3 Å². The molecular formula is C15H14BrN3O. The summed E-state index contributed by atoms with van der Waals surface area (Å²) in [4.78, 5) is 17.3. The lowest BCUT2D eigenvalue weighted by molar-refractivity contribution is 0.797. The molecule has 4 nitrogen and oxygen atoms in total. The number of fused-ring (bicyclic) bond motifs is 1. The van der Waals surface area contributed by atoms with E-state index in [1.807, 2.05) is 44.2 Å². The van der Waals surface area contributed by atoms with Gasteiger partial charge in [-0.1, -0.05) is 44.2 Å². The van der Waals surface area contributed by atoms with E-state index in [9.17, 15) is 4.79 Å². The van der Waals surface area contributed by atoms with Gasteiger partial charge in [0.1, 0.15) is 0 Å². The van der Waals surface area contributed by atoms with E-state index in [-0.39, 0.29) is 11.5 Å². The topological polar surface area (TPSA) is 50.2 Å². The Morgan fingerprint density at radius 1 is 1.25 bits per heavy atom. The van der Waals surface area contributed by atoms with Crippen molar-refractivity contribution in [2.75, 3.05) is 0 Å². The maximum atomic E-state index is 12.6. The van der Waals surface area contributed by atoms with Crippen molar-refractivity contribution in [3.63, 3.8) is 0 Å². The number of rotatable bonds is 2. The number of H-pyrrole nitrogens is 1. The zero-order valence-electron chi connectivity index (χ0n) is 11.2. The molecule has 0 unspecified atom stereocenters. The summed E-state index contributed by atoms with van der Waals surface area (Å²) in [6.45, 7) is 4.02. The Morgan fingerprint density at radius 3 is 2.60 bits per heavy atom. The maximum Gasteiger partial charge on any atom is 0.276 e. The van der Waals surface area contributed by atoms with Crippen LogP contribution in [0.3, 0.4) is 0 Å². The number of nitrogens with one attached hydrogen (secondary N) is 1. The standard InChI is InChI=1S/C15H14BrN3O/c1-9(2)12-13(10-6-4-3-5-7-10)18-14-11(16)8-17-19(14)15(12)20/h3-9,17H,1-2H3. The molecule has 0 atom stereocenters. The van der Waals surface area contributed by atoms with E-state index in [2.05, 4.69) is 26.0 Å². The Hall–Kier alpha value is -1.88. The Bertz CT molecular complexity index is 818. The molecule has 5 heteroatoms. The molecule has 102 valence electrons. The highest BCUT2D eigenvalue weighted by atomic mass is 79.9. The molecule has 0 saturated heterocycles. The van der Waals surface area contributed by atoms with Crippen LogP contribution in [0.5, 0.6) is 0 Å². The lowest BCUT2D eigenvalue weighted by atomic mass is 9.98. The predicted molar refractivity (Wildman–Crippen MR) is 83.0 cm³/mol. The first-order chi connectivity index (χ1) is 9.59. The molecule has 1 aromatic carbocycles. The van der Waals surface area contributed by atoms with Gasteiger partial charge in [-0.2, -0.15) is 0 Å². The zero-order valence-corrected chi connectivity index (χ0v) is 12.8. The van der Waals surface area contributed by atoms with Gasteiger partial charge in [0.25, 0.3) is 5.56 Å². The molecule has 0 aliphatic carbocycles. The Morgan fingerprint density at radius 2 is 1.95 bits per heavy atom. The largest absolute Gasteiger partial charge is 0.296 e. The van der Waals surface area contributed by atoms with Gasteiger partial charge in [0.2, 0.25) is 0 Å². The molecule has 0 spiro atoms. The third-order valence-electron chi connectivity index (χ3n) is 3.28. The number of benzene rings is 1. The third kappa shape index (κ3) is 1.98. The quantitative estimate of drug-likeness (QED) is 0.780. The van der Waals surface area contributed by atoms with Gasteiger partial charge in [0.15, 0.2) is 5.65 Å². The number of aromatic amines is 1. The van der Waals surface area contributed by atoms with E-state index in [0.717, 1.165) is 21.3 Å². The molecule has 0 saturated carbocycles. The molecule has 1 N–H and O–H groups in total. The lowest BCUT2D eigenvalue weighted by Crippen LogP contribution is -2.22. The van der Waals surface area contributed by atoms with Crippen LogP contribution in [0.15, 0.2) is 45.8 Å². The van der Waals surface area contributed by atoms with Gasteiger partial charge in [-0.3, -0.25) is 9.89 Å². The first kappa shape index (κ1) is 13.1. The minimum Gasteiger partial charge on any atom is -0.296 e. The number of aromatic nitrogens is 3. The average molecular weight is 332 g/mol. The summed E-state index contributed by atoms with van der Waals surface area (Å²) < 4.78 is 2.26. The fraction of sp³-hybridized carbons (Fsp3) is 0.200. The van der Waals surface area contributed by atoms with Crippen LogP contribution in [0.4, 0.5) is 0 Å². The Kier molecular flexibility index (Phi) is 3.22. The van der Waals surface area contributed by atoms with E-state index in [1.165, 1.54) is 4.52 Å². The van der Waals surface area contributed by atoms with Crippen molar-refractivity contribution < 1.29 is 0 Å². The van der Waals surface area contributed by atoms with Gasteiger partial charge >= 0.3 is 0 Å². The van der Waals surface area contributed by atoms with Crippen LogP contribution < -0.4 is 5.56 Å². The lowest BCUT2D eigenvalue weighted by Gasteiger charge is -2.11. The van der Waals surface area contributed by atoms with Crippen LogP contribution in [-0.2, 0) is 0 Å². The van der Waals surface area contributed by atoms with Crippen molar-refractivity contribution in [3.05, 3.63) is 56.9 Å². The Balaban J connectivity index is 2.43. The van der Waals surface area contributed by atoms with Gasteiger partial charge in [-0.25, -0.2) is 9.50 Å². The van der Waals surface area contributed by atoms with Crippen LogP contribution in [0.25, 0.3) is 16.9 Å². The highest BCUT2D eigenvalue weighted by Crippen LogP contribution is 2.26. The van der Waals surface area contributed by atoms with E-state index in [1.54, 1.807) is 6.20 Å². The van der Waals surface area contributed by atoms with E-state index in [4.69, 9.17) is 0 Å². The van der Waals surface area contributed by atoms with Crippen molar-refractivity contribution >= 4 is 21.6 Å². The van der Waals surface area contributed by atoms with Crippen molar-refractivity contribution in [2.24, 2.45) is 0 Å². The van der Waals surface area contributed by atoms with Crippen LogP contribution in [0.2, 0.25) is 0 Å². The minimum absolute atomic E-state index is 0.0467. The summed E-state index contributed by atoms with van der Waals surface area (Å²) in [7, 11) is 0.